The first kappa shape index (κ1) is 34.9. The van der Waals surface area contributed by atoms with Crippen LogP contribution in [0.5, 0.6) is 11.5 Å². The van der Waals surface area contributed by atoms with Crippen LogP contribution in [0.1, 0.15) is 30.5 Å². The molecular formula is C40H41N3O5S. The second-order valence-corrected chi connectivity index (χ2v) is 14.0. The summed E-state index contributed by atoms with van der Waals surface area (Å²) in [4.78, 5) is 30.0. The zero-order valence-corrected chi connectivity index (χ0v) is 28.7. The van der Waals surface area contributed by atoms with E-state index in [1.165, 1.54) is 17.0 Å². The van der Waals surface area contributed by atoms with Crippen molar-refractivity contribution in [1.29, 1.82) is 0 Å². The highest BCUT2D eigenvalue weighted by Gasteiger charge is 2.34. The number of para-hydroxylation sites is 1. The third-order valence-corrected chi connectivity index (χ3v) is 9.68. The molecule has 0 saturated carbocycles. The first-order chi connectivity index (χ1) is 23.6. The molecule has 1 N–H and O–H groups in total. The number of carbonyl (C=O) groups is 2. The van der Waals surface area contributed by atoms with Gasteiger partial charge in [0.2, 0.25) is 11.8 Å². The fourth-order valence-corrected chi connectivity index (χ4v) is 6.81. The SMILES string of the molecule is Cc1ccc(CN(C(=O)CN(c2ccc(Oc3ccccc3)cc2)S(=O)(=O)c2ccccc2)C(Cc2ccccc2)C(=O)NC(C)C)cc1. The molecule has 0 aromatic heterocycles. The Morgan fingerprint density at radius 2 is 1.24 bits per heavy atom. The molecular weight excluding hydrogens is 635 g/mol. The number of hydrogen-bond donors (Lipinski definition) is 1. The van der Waals surface area contributed by atoms with Gasteiger partial charge in [-0.1, -0.05) is 96.6 Å². The molecule has 0 spiro atoms. The van der Waals surface area contributed by atoms with Crippen molar-refractivity contribution in [3.05, 3.63) is 156 Å². The van der Waals surface area contributed by atoms with Crippen LogP contribution in [0.25, 0.3) is 0 Å². The quantitative estimate of drug-likeness (QED) is 0.135. The number of hydrogen-bond acceptors (Lipinski definition) is 5. The number of rotatable bonds is 14. The van der Waals surface area contributed by atoms with E-state index in [0.717, 1.165) is 21.0 Å². The first-order valence-corrected chi connectivity index (χ1v) is 17.6. The van der Waals surface area contributed by atoms with Gasteiger partial charge in [-0.25, -0.2) is 8.42 Å². The molecule has 1 unspecified atom stereocenters. The summed E-state index contributed by atoms with van der Waals surface area (Å²) in [5.41, 5.74) is 3.02. The Balaban J connectivity index is 1.54. The van der Waals surface area contributed by atoms with Crippen molar-refractivity contribution in [3.8, 4) is 11.5 Å². The third-order valence-electron chi connectivity index (χ3n) is 7.89. The number of amides is 2. The van der Waals surface area contributed by atoms with E-state index in [1.807, 2.05) is 106 Å². The van der Waals surface area contributed by atoms with Crippen LogP contribution < -0.4 is 14.4 Å². The van der Waals surface area contributed by atoms with Gasteiger partial charge in [0.1, 0.15) is 24.1 Å². The molecule has 252 valence electrons. The maximum atomic E-state index is 14.6. The average Bonchev–Trinajstić information content (AvgIpc) is 3.11. The standard InChI is InChI=1S/C40H41N3O5S/c1-30(2)41-40(45)38(27-32-13-7-4-8-14-32)42(28-33-21-19-31(3)20-22-33)39(44)29-43(49(46,47)37-17-11-6-12-18-37)34-23-25-36(26-24-34)48-35-15-9-5-10-16-35/h4-26,30,38H,27-29H2,1-3H3,(H,41,45). The Morgan fingerprint density at radius 3 is 1.84 bits per heavy atom. The minimum absolute atomic E-state index is 0.0379. The average molecular weight is 676 g/mol. The Kier molecular flexibility index (Phi) is 11.5. The summed E-state index contributed by atoms with van der Waals surface area (Å²) in [6.45, 7) is 5.27. The second kappa shape index (κ2) is 16.1. The number of benzene rings is 5. The molecule has 5 rings (SSSR count). The molecule has 0 fully saturated rings. The molecule has 0 saturated heterocycles. The maximum absolute atomic E-state index is 14.6. The van der Waals surface area contributed by atoms with E-state index in [-0.39, 0.29) is 35.5 Å². The fourth-order valence-electron chi connectivity index (χ4n) is 5.38. The van der Waals surface area contributed by atoms with E-state index >= 15 is 0 Å². The molecule has 5 aromatic carbocycles. The molecule has 0 heterocycles. The molecule has 8 nitrogen and oxygen atoms in total. The van der Waals surface area contributed by atoms with Crippen LogP contribution >= 0.6 is 0 Å². The lowest BCUT2D eigenvalue weighted by molar-refractivity contribution is -0.140. The van der Waals surface area contributed by atoms with Gasteiger partial charge in [0, 0.05) is 19.0 Å². The van der Waals surface area contributed by atoms with Crippen LogP contribution in [-0.2, 0) is 32.6 Å². The third kappa shape index (κ3) is 9.36. The van der Waals surface area contributed by atoms with E-state index in [2.05, 4.69) is 5.32 Å². The van der Waals surface area contributed by atoms with Gasteiger partial charge in [0.15, 0.2) is 0 Å². The number of carbonyl (C=O) groups excluding carboxylic acids is 2. The van der Waals surface area contributed by atoms with Crippen molar-refractivity contribution in [3.63, 3.8) is 0 Å². The number of nitrogens with zero attached hydrogens (tertiary/aromatic N) is 2. The normalized spacial score (nSPS) is 11.8. The fraction of sp³-hybridized carbons (Fsp3) is 0.200. The van der Waals surface area contributed by atoms with Crippen LogP contribution in [0.4, 0.5) is 5.69 Å². The van der Waals surface area contributed by atoms with Crippen LogP contribution in [0, 0.1) is 6.92 Å². The molecule has 5 aromatic rings. The summed E-state index contributed by atoms with van der Waals surface area (Å²) in [5.74, 6) is 0.298. The zero-order valence-electron chi connectivity index (χ0n) is 27.9. The highest BCUT2D eigenvalue weighted by atomic mass is 32.2. The Hall–Kier alpha value is -5.41. The summed E-state index contributed by atoms with van der Waals surface area (Å²) < 4.78 is 35.5. The van der Waals surface area contributed by atoms with Gasteiger partial charge in [-0.05, 0) is 80.4 Å². The minimum Gasteiger partial charge on any atom is -0.457 e. The summed E-state index contributed by atoms with van der Waals surface area (Å²) in [7, 11) is -4.21. The van der Waals surface area contributed by atoms with Crippen LogP contribution in [0.2, 0.25) is 0 Å². The maximum Gasteiger partial charge on any atom is 0.264 e. The summed E-state index contributed by atoms with van der Waals surface area (Å²) in [6, 6.07) is 39.9. The molecule has 1 atom stereocenters. The van der Waals surface area contributed by atoms with E-state index in [9.17, 15) is 18.0 Å². The number of nitrogens with one attached hydrogen (secondary N) is 1. The summed E-state index contributed by atoms with van der Waals surface area (Å²) in [5, 5.41) is 2.98. The smallest absolute Gasteiger partial charge is 0.264 e. The lowest BCUT2D eigenvalue weighted by Crippen LogP contribution is -2.54. The van der Waals surface area contributed by atoms with E-state index in [4.69, 9.17) is 4.74 Å². The van der Waals surface area contributed by atoms with Gasteiger partial charge in [0.05, 0.1) is 10.6 Å². The molecule has 0 aliphatic carbocycles. The predicted molar refractivity (Wildman–Crippen MR) is 193 cm³/mol. The largest absolute Gasteiger partial charge is 0.457 e. The monoisotopic (exact) mass is 675 g/mol. The van der Waals surface area contributed by atoms with Crippen molar-refractivity contribution < 1.29 is 22.7 Å². The first-order valence-electron chi connectivity index (χ1n) is 16.2. The molecule has 0 bridgehead atoms. The highest BCUT2D eigenvalue weighted by molar-refractivity contribution is 7.92. The number of sulfonamides is 1. The molecule has 0 aliphatic heterocycles. The summed E-state index contributed by atoms with van der Waals surface area (Å²) in [6.07, 6.45) is 0.244. The van der Waals surface area contributed by atoms with Gasteiger partial charge < -0.3 is 15.0 Å². The Morgan fingerprint density at radius 1 is 0.694 bits per heavy atom. The van der Waals surface area contributed by atoms with Crippen LogP contribution in [0.3, 0.4) is 0 Å². The van der Waals surface area contributed by atoms with Gasteiger partial charge in [-0.3, -0.25) is 13.9 Å². The summed E-state index contributed by atoms with van der Waals surface area (Å²) >= 11 is 0. The van der Waals surface area contributed by atoms with E-state index in [1.54, 1.807) is 42.5 Å². The van der Waals surface area contributed by atoms with Crippen molar-refractivity contribution in [1.82, 2.24) is 10.2 Å². The van der Waals surface area contributed by atoms with Crippen molar-refractivity contribution >= 4 is 27.5 Å². The van der Waals surface area contributed by atoms with Crippen molar-refractivity contribution in [2.45, 2.75) is 50.7 Å². The minimum atomic E-state index is -4.21. The number of anilines is 1. The molecule has 2 amide bonds. The van der Waals surface area contributed by atoms with Crippen LogP contribution in [-0.4, -0.2) is 43.8 Å². The van der Waals surface area contributed by atoms with E-state index < -0.39 is 28.5 Å². The molecule has 0 radical (unpaired) electrons. The number of ether oxygens (including phenoxy) is 1. The molecule has 49 heavy (non-hydrogen) atoms. The number of aryl methyl sites for hydroxylation is 1. The van der Waals surface area contributed by atoms with Gasteiger partial charge in [0.25, 0.3) is 10.0 Å². The predicted octanol–water partition coefficient (Wildman–Crippen LogP) is 7.15. The molecule has 0 aliphatic rings. The lowest BCUT2D eigenvalue weighted by Gasteiger charge is -2.34. The topological polar surface area (TPSA) is 96.0 Å². The van der Waals surface area contributed by atoms with E-state index in [0.29, 0.717) is 11.5 Å². The van der Waals surface area contributed by atoms with Crippen molar-refractivity contribution in [2.75, 3.05) is 10.8 Å². The molecule has 9 heteroatoms. The Labute approximate surface area is 289 Å². The van der Waals surface area contributed by atoms with Crippen LogP contribution in [0.15, 0.2) is 144 Å². The van der Waals surface area contributed by atoms with Crippen molar-refractivity contribution in [2.24, 2.45) is 0 Å². The van der Waals surface area contributed by atoms with Gasteiger partial charge in [-0.2, -0.15) is 0 Å². The van der Waals surface area contributed by atoms with Gasteiger partial charge in [-0.15, -0.1) is 0 Å². The zero-order chi connectivity index (χ0) is 34.8. The lowest BCUT2D eigenvalue weighted by atomic mass is 10.0. The highest BCUT2D eigenvalue weighted by Crippen LogP contribution is 2.29. The Bertz CT molecular complexity index is 1920. The van der Waals surface area contributed by atoms with Gasteiger partial charge >= 0.3 is 0 Å². The second-order valence-electron chi connectivity index (χ2n) is 12.1.